The van der Waals surface area contributed by atoms with Gasteiger partial charge in [0, 0.05) is 41.2 Å². The van der Waals surface area contributed by atoms with Gasteiger partial charge in [0.1, 0.15) is 5.75 Å². The molecule has 9 heteroatoms. The Labute approximate surface area is 212 Å². The van der Waals surface area contributed by atoms with E-state index in [0.29, 0.717) is 48.1 Å². The van der Waals surface area contributed by atoms with Crippen molar-refractivity contribution in [2.75, 3.05) is 19.6 Å². The van der Waals surface area contributed by atoms with E-state index in [4.69, 9.17) is 27.9 Å². The molecule has 34 heavy (non-hydrogen) atoms. The normalized spacial score (nSPS) is 15.4. The van der Waals surface area contributed by atoms with Crippen molar-refractivity contribution in [2.45, 2.75) is 51.4 Å². The van der Waals surface area contributed by atoms with Gasteiger partial charge in [-0.15, -0.1) is 0 Å². The Morgan fingerprint density at radius 3 is 2.29 bits per heavy atom. The first-order valence-electron chi connectivity index (χ1n) is 11.6. The fourth-order valence-electron chi connectivity index (χ4n) is 4.00. The summed E-state index contributed by atoms with van der Waals surface area (Å²) in [5.74, 6) is 0.428. The van der Waals surface area contributed by atoms with Gasteiger partial charge in [-0.1, -0.05) is 41.4 Å². The molecule has 6 nitrogen and oxygen atoms in total. The predicted molar refractivity (Wildman–Crippen MR) is 137 cm³/mol. The molecule has 0 spiro atoms. The molecule has 1 N–H and O–H groups in total. The van der Waals surface area contributed by atoms with Crippen LogP contribution in [-0.2, 0) is 27.0 Å². The van der Waals surface area contributed by atoms with E-state index in [0.717, 1.165) is 18.6 Å². The van der Waals surface area contributed by atoms with Crippen LogP contribution in [0.5, 0.6) is 5.75 Å². The minimum Gasteiger partial charge on any atom is -0.491 e. The Hall–Kier alpha value is -1.80. The average molecular weight is 528 g/mol. The topological polar surface area (TPSA) is 75.7 Å². The highest BCUT2D eigenvalue weighted by molar-refractivity contribution is 7.88. The molecule has 1 fully saturated rings. The van der Waals surface area contributed by atoms with Gasteiger partial charge in [-0.05, 0) is 69.4 Å². The third-order valence-electron chi connectivity index (χ3n) is 5.84. The number of sulfonamides is 1. The quantitative estimate of drug-likeness (QED) is 0.438. The molecule has 0 bridgehead atoms. The summed E-state index contributed by atoms with van der Waals surface area (Å²) < 4.78 is 32.8. The number of nitrogens with zero attached hydrogens (tertiary/aromatic N) is 1. The average Bonchev–Trinajstić information content (AvgIpc) is 2.80. The molecule has 0 aromatic heterocycles. The fraction of sp³-hybridized carbons (Fsp3) is 0.480. The molecule has 1 aliphatic rings. The number of aryl methyl sites for hydroxylation is 1. The maximum atomic E-state index is 12.9. The molecule has 0 saturated carbocycles. The lowest BCUT2D eigenvalue weighted by Gasteiger charge is -2.30. The van der Waals surface area contributed by atoms with Crippen molar-refractivity contribution in [1.29, 1.82) is 0 Å². The van der Waals surface area contributed by atoms with Crippen LogP contribution < -0.4 is 10.1 Å². The van der Waals surface area contributed by atoms with Gasteiger partial charge in [-0.2, -0.15) is 0 Å². The smallest absolute Gasteiger partial charge is 0.223 e. The lowest BCUT2D eigenvalue weighted by atomic mass is 9.97. The number of carbonyl (C=O) groups is 1. The van der Waals surface area contributed by atoms with Crippen molar-refractivity contribution >= 4 is 39.1 Å². The van der Waals surface area contributed by atoms with Gasteiger partial charge in [0.05, 0.1) is 11.9 Å². The Morgan fingerprint density at radius 2 is 1.71 bits per heavy atom. The molecule has 186 valence electrons. The number of ether oxygens (including phenoxy) is 1. The van der Waals surface area contributed by atoms with Crippen molar-refractivity contribution in [3.05, 3.63) is 63.6 Å². The Kier molecular flexibility index (Phi) is 9.65. The van der Waals surface area contributed by atoms with E-state index in [1.165, 1.54) is 9.87 Å². The number of piperidine rings is 1. The van der Waals surface area contributed by atoms with Crippen molar-refractivity contribution < 1.29 is 17.9 Å². The van der Waals surface area contributed by atoms with Crippen LogP contribution in [0, 0.1) is 5.92 Å². The van der Waals surface area contributed by atoms with Crippen LogP contribution in [0.3, 0.4) is 0 Å². The molecule has 0 atom stereocenters. The minimum absolute atomic E-state index is 0.00752. The largest absolute Gasteiger partial charge is 0.491 e. The third-order valence-corrected chi connectivity index (χ3v) is 8.36. The molecule has 0 radical (unpaired) electrons. The number of carbonyl (C=O) groups excluding carboxylic acids is 1. The molecule has 0 aliphatic carbocycles. The molecule has 0 unspecified atom stereocenters. The van der Waals surface area contributed by atoms with Gasteiger partial charge in [0.25, 0.3) is 0 Å². The SMILES string of the molecule is CC(C)Oc1ccc(CCCNC(=O)C2CCN(S(=O)(=O)Cc3c(Cl)cccc3Cl)CC2)cc1. The summed E-state index contributed by atoms with van der Waals surface area (Å²) in [6.45, 7) is 5.21. The van der Waals surface area contributed by atoms with Gasteiger partial charge in [-0.3, -0.25) is 4.79 Å². The van der Waals surface area contributed by atoms with Gasteiger partial charge < -0.3 is 10.1 Å². The zero-order valence-corrected chi connectivity index (χ0v) is 21.9. The van der Waals surface area contributed by atoms with Gasteiger partial charge in [0.2, 0.25) is 15.9 Å². The van der Waals surface area contributed by atoms with Crippen LogP contribution >= 0.6 is 23.2 Å². The highest BCUT2D eigenvalue weighted by atomic mass is 35.5. The zero-order chi connectivity index (χ0) is 24.7. The number of hydrogen-bond acceptors (Lipinski definition) is 4. The number of benzene rings is 2. The summed E-state index contributed by atoms with van der Waals surface area (Å²) in [4.78, 5) is 12.6. The van der Waals surface area contributed by atoms with E-state index < -0.39 is 10.0 Å². The molecule has 1 heterocycles. The highest BCUT2D eigenvalue weighted by Gasteiger charge is 2.31. The summed E-state index contributed by atoms with van der Waals surface area (Å²) in [7, 11) is -3.57. The monoisotopic (exact) mass is 526 g/mol. The van der Waals surface area contributed by atoms with Crippen molar-refractivity contribution in [2.24, 2.45) is 5.92 Å². The molecule has 2 aromatic rings. The second kappa shape index (κ2) is 12.2. The number of amides is 1. The van der Waals surface area contributed by atoms with Crippen molar-refractivity contribution in [1.82, 2.24) is 9.62 Å². The van der Waals surface area contributed by atoms with Crippen LogP contribution in [0.15, 0.2) is 42.5 Å². The summed E-state index contributed by atoms with van der Waals surface area (Å²) in [6, 6.07) is 13.0. The first-order chi connectivity index (χ1) is 16.2. The van der Waals surface area contributed by atoms with E-state index in [2.05, 4.69) is 5.32 Å². The van der Waals surface area contributed by atoms with Crippen molar-refractivity contribution in [3.8, 4) is 5.75 Å². The third kappa shape index (κ3) is 7.60. The summed E-state index contributed by atoms with van der Waals surface area (Å²) >= 11 is 12.3. The Morgan fingerprint density at radius 1 is 1.09 bits per heavy atom. The van der Waals surface area contributed by atoms with Gasteiger partial charge in [0.15, 0.2) is 0 Å². The van der Waals surface area contributed by atoms with Gasteiger partial charge >= 0.3 is 0 Å². The van der Waals surface area contributed by atoms with E-state index in [-0.39, 0.29) is 23.7 Å². The predicted octanol–water partition coefficient (Wildman–Crippen LogP) is 5.07. The Bertz CT molecular complexity index is 1050. The minimum atomic E-state index is -3.57. The number of hydrogen-bond donors (Lipinski definition) is 1. The maximum absolute atomic E-state index is 12.9. The van der Waals surface area contributed by atoms with E-state index in [1.807, 2.05) is 38.1 Å². The van der Waals surface area contributed by atoms with Crippen LogP contribution in [0.1, 0.15) is 44.2 Å². The molecular weight excluding hydrogens is 495 g/mol. The number of nitrogens with one attached hydrogen (secondary N) is 1. The number of halogens is 2. The molecule has 3 rings (SSSR count). The molecule has 1 saturated heterocycles. The maximum Gasteiger partial charge on any atom is 0.223 e. The Balaban J connectivity index is 1.40. The first-order valence-corrected chi connectivity index (χ1v) is 14.0. The second-order valence-electron chi connectivity index (χ2n) is 8.83. The zero-order valence-electron chi connectivity index (χ0n) is 19.6. The van der Waals surface area contributed by atoms with Crippen LogP contribution in [0.25, 0.3) is 0 Å². The summed E-state index contributed by atoms with van der Waals surface area (Å²) in [5.41, 5.74) is 1.61. The van der Waals surface area contributed by atoms with Gasteiger partial charge in [-0.25, -0.2) is 12.7 Å². The van der Waals surface area contributed by atoms with Crippen LogP contribution in [0.4, 0.5) is 0 Å². The summed E-state index contributed by atoms with van der Waals surface area (Å²) in [6.07, 6.45) is 2.84. The molecule has 2 aromatic carbocycles. The number of rotatable bonds is 10. The molecular formula is C25H32Cl2N2O4S. The lowest BCUT2D eigenvalue weighted by Crippen LogP contribution is -2.43. The van der Waals surface area contributed by atoms with Crippen molar-refractivity contribution in [3.63, 3.8) is 0 Å². The first kappa shape index (κ1) is 26.8. The van der Waals surface area contributed by atoms with Crippen LogP contribution in [0.2, 0.25) is 10.0 Å². The van der Waals surface area contributed by atoms with E-state index in [9.17, 15) is 13.2 Å². The molecule has 1 aliphatic heterocycles. The standard InChI is InChI=1S/C25H32Cl2N2O4S/c1-18(2)33-21-10-8-19(9-11-21)5-4-14-28-25(30)20-12-15-29(16-13-20)34(31,32)17-22-23(26)6-3-7-24(22)27/h3,6-11,18,20H,4-5,12-17H2,1-2H3,(H,28,30). The highest BCUT2D eigenvalue weighted by Crippen LogP contribution is 2.29. The molecule has 1 amide bonds. The van der Waals surface area contributed by atoms with E-state index >= 15 is 0 Å². The lowest BCUT2D eigenvalue weighted by molar-refractivity contribution is -0.126. The van der Waals surface area contributed by atoms with Crippen LogP contribution in [-0.4, -0.2) is 44.4 Å². The fourth-order valence-corrected chi connectivity index (χ4v) is 6.31. The van der Waals surface area contributed by atoms with E-state index in [1.54, 1.807) is 18.2 Å². The summed E-state index contributed by atoms with van der Waals surface area (Å²) in [5, 5.41) is 3.68. The second-order valence-corrected chi connectivity index (χ2v) is 11.6.